The van der Waals surface area contributed by atoms with Crippen LogP contribution in [0.15, 0.2) is 18.2 Å². The minimum atomic E-state index is -1.35. The second-order valence-corrected chi connectivity index (χ2v) is 8.08. The highest BCUT2D eigenvalue weighted by Crippen LogP contribution is 2.53. The van der Waals surface area contributed by atoms with E-state index < -0.39 is 29.5 Å². The summed E-state index contributed by atoms with van der Waals surface area (Å²) in [5.41, 5.74) is 1.00. The van der Waals surface area contributed by atoms with Crippen molar-refractivity contribution in [1.82, 2.24) is 10.2 Å². The van der Waals surface area contributed by atoms with Crippen molar-refractivity contribution in [3.63, 3.8) is 0 Å². The molecule has 5 atom stereocenters. The number of aliphatic hydroxyl groups excluding tert-OH is 1. The van der Waals surface area contributed by atoms with Crippen LogP contribution in [0.3, 0.4) is 0 Å². The highest BCUT2D eigenvalue weighted by molar-refractivity contribution is 6.15. The Labute approximate surface area is 169 Å². The Balaban J connectivity index is 1.81. The van der Waals surface area contributed by atoms with E-state index in [1.807, 2.05) is 25.1 Å². The first-order valence-corrected chi connectivity index (χ1v) is 10.1. The molecule has 0 radical (unpaired) electrons. The molecule has 2 saturated heterocycles. The minimum Gasteiger partial charge on any atom is -0.392 e. The minimum absolute atomic E-state index is 0.241. The highest BCUT2D eigenvalue weighted by Gasteiger charge is 2.70. The molecule has 0 bridgehead atoms. The second-order valence-electron chi connectivity index (χ2n) is 8.08. The van der Waals surface area contributed by atoms with E-state index in [1.54, 1.807) is 14.0 Å². The molecule has 8 heteroatoms. The van der Waals surface area contributed by atoms with Gasteiger partial charge in [0.1, 0.15) is 5.54 Å². The molecule has 3 aliphatic rings. The number of aryl methyl sites for hydroxylation is 1. The van der Waals surface area contributed by atoms with Gasteiger partial charge < -0.3 is 15.2 Å². The standard InChI is InChI=1S/C21H27N3O5/c1-4-12-6-7-14-13(10-12)21(20(28)22-14)16-15(17(23-21)11(2)25)18(26)24(19(16)27)8-5-9-29-3/h6-7,10-11,15-17,23,25H,4-5,8-9H2,1-3H3,(H,22,28)/t11-,15+,16+,17+,21-/m1/s1. The summed E-state index contributed by atoms with van der Waals surface area (Å²) in [6.07, 6.45) is 0.404. The number of hydrogen-bond donors (Lipinski definition) is 3. The van der Waals surface area contributed by atoms with Gasteiger partial charge in [-0.2, -0.15) is 0 Å². The third-order valence-corrected chi connectivity index (χ3v) is 6.46. The Morgan fingerprint density at radius 2 is 2.03 bits per heavy atom. The van der Waals surface area contributed by atoms with Crippen LogP contribution in [0.1, 0.15) is 31.4 Å². The number of rotatable bonds is 6. The maximum atomic E-state index is 13.4. The van der Waals surface area contributed by atoms with Crippen molar-refractivity contribution in [2.24, 2.45) is 11.8 Å². The number of imide groups is 1. The van der Waals surface area contributed by atoms with Gasteiger partial charge in [-0.05, 0) is 31.4 Å². The number of amides is 3. The van der Waals surface area contributed by atoms with Crippen LogP contribution in [0.4, 0.5) is 5.69 Å². The van der Waals surface area contributed by atoms with E-state index in [2.05, 4.69) is 10.6 Å². The molecule has 0 saturated carbocycles. The maximum Gasteiger partial charge on any atom is 0.250 e. The molecule has 8 nitrogen and oxygen atoms in total. The molecule has 1 aromatic rings. The van der Waals surface area contributed by atoms with E-state index in [9.17, 15) is 19.5 Å². The molecular weight excluding hydrogens is 374 g/mol. The lowest BCUT2D eigenvalue weighted by atomic mass is 9.76. The van der Waals surface area contributed by atoms with Crippen LogP contribution in [0.25, 0.3) is 0 Å². The van der Waals surface area contributed by atoms with E-state index >= 15 is 0 Å². The lowest BCUT2D eigenvalue weighted by molar-refractivity contribution is -0.143. The van der Waals surface area contributed by atoms with Gasteiger partial charge in [0.2, 0.25) is 17.7 Å². The molecule has 0 aliphatic carbocycles. The Morgan fingerprint density at radius 3 is 2.69 bits per heavy atom. The van der Waals surface area contributed by atoms with Crippen molar-refractivity contribution in [2.45, 2.75) is 44.4 Å². The number of likely N-dealkylation sites (tertiary alicyclic amines) is 1. The lowest BCUT2D eigenvalue weighted by Gasteiger charge is -2.30. The SMILES string of the molecule is CCc1ccc2c(c1)[C@]1(N[C@@H]([C@@H](C)O)[C@H]3C(=O)N(CCCOC)C(=O)[C@H]31)C(=O)N2. The molecule has 1 spiro atoms. The van der Waals surface area contributed by atoms with Gasteiger partial charge in [-0.3, -0.25) is 24.6 Å². The topological polar surface area (TPSA) is 108 Å². The molecular formula is C21H27N3O5. The Morgan fingerprint density at radius 1 is 1.28 bits per heavy atom. The summed E-state index contributed by atoms with van der Waals surface area (Å²) in [5.74, 6) is -2.72. The van der Waals surface area contributed by atoms with Crippen LogP contribution in [0, 0.1) is 11.8 Å². The molecule has 3 amide bonds. The van der Waals surface area contributed by atoms with Crippen LogP contribution in [-0.4, -0.2) is 60.1 Å². The fraction of sp³-hybridized carbons (Fsp3) is 0.571. The van der Waals surface area contributed by atoms with Crippen molar-refractivity contribution >= 4 is 23.4 Å². The zero-order valence-electron chi connectivity index (χ0n) is 16.9. The van der Waals surface area contributed by atoms with Gasteiger partial charge in [-0.15, -0.1) is 0 Å². The van der Waals surface area contributed by atoms with Gasteiger partial charge in [0.15, 0.2) is 0 Å². The summed E-state index contributed by atoms with van der Waals surface area (Å²) in [4.78, 5) is 41.0. The third-order valence-electron chi connectivity index (χ3n) is 6.46. The van der Waals surface area contributed by atoms with E-state index in [4.69, 9.17) is 4.74 Å². The molecule has 29 heavy (non-hydrogen) atoms. The molecule has 1 aromatic carbocycles. The lowest BCUT2D eigenvalue weighted by Crippen LogP contribution is -2.54. The van der Waals surface area contributed by atoms with Crippen molar-refractivity contribution in [3.05, 3.63) is 29.3 Å². The number of nitrogens with zero attached hydrogens (tertiary/aromatic N) is 1. The highest BCUT2D eigenvalue weighted by atomic mass is 16.5. The second kappa shape index (κ2) is 7.19. The zero-order valence-corrected chi connectivity index (χ0v) is 16.9. The average Bonchev–Trinajstić information content (AvgIpc) is 3.28. The molecule has 156 valence electrons. The maximum absolute atomic E-state index is 13.4. The van der Waals surface area contributed by atoms with Gasteiger partial charge in [-0.1, -0.05) is 19.1 Å². The van der Waals surface area contributed by atoms with E-state index in [-0.39, 0.29) is 24.3 Å². The predicted octanol–water partition coefficient (Wildman–Crippen LogP) is 0.387. The quantitative estimate of drug-likeness (QED) is 0.470. The van der Waals surface area contributed by atoms with Gasteiger partial charge in [0.25, 0.3) is 0 Å². The average molecular weight is 401 g/mol. The summed E-state index contributed by atoms with van der Waals surface area (Å²) in [7, 11) is 1.57. The molecule has 2 fully saturated rings. The smallest absolute Gasteiger partial charge is 0.250 e. The Bertz CT molecular complexity index is 870. The fourth-order valence-corrected chi connectivity index (χ4v) is 5.06. The van der Waals surface area contributed by atoms with Crippen LogP contribution >= 0.6 is 0 Å². The number of anilines is 1. The Hall–Kier alpha value is -2.29. The number of carbonyl (C=O) groups is 3. The van der Waals surface area contributed by atoms with Gasteiger partial charge in [0.05, 0.1) is 17.9 Å². The summed E-state index contributed by atoms with van der Waals surface area (Å²) in [6, 6.07) is 5.01. The molecule has 0 unspecified atom stereocenters. The summed E-state index contributed by atoms with van der Waals surface area (Å²) >= 11 is 0. The monoisotopic (exact) mass is 401 g/mol. The number of nitrogens with one attached hydrogen (secondary N) is 2. The number of hydrogen-bond acceptors (Lipinski definition) is 6. The van der Waals surface area contributed by atoms with Crippen LogP contribution < -0.4 is 10.6 Å². The largest absolute Gasteiger partial charge is 0.392 e. The van der Waals surface area contributed by atoms with Crippen molar-refractivity contribution < 1.29 is 24.2 Å². The van der Waals surface area contributed by atoms with Gasteiger partial charge in [-0.25, -0.2) is 0 Å². The number of fused-ring (bicyclic) bond motifs is 4. The summed E-state index contributed by atoms with van der Waals surface area (Å²) in [5, 5.41) is 16.5. The Kier molecular flexibility index (Phi) is 4.96. The zero-order chi connectivity index (χ0) is 20.9. The molecule has 3 aliphatic heterocycles. The summed E-state index contributed by atoms with van der Waals surface area (Å²) in [6.45, 7) is 4.27. The molecule has 3 heterocycles. The van der Waals surface area contributed by atoms with E-state index in [0.717, 1.165) is 12.0 Å². The predicted molar refractivity (Wildman–Crippen MR) is 105 cm³/mol. The summed E-state index contributed by atoms with van der Waals surface area (Å²) < 4.78 is 5.04. The molecule has 4 rings (SSSR count). The first kappa shape index (κ1) is 20.0. The molecule has 0 aromatic heterocycles. The van der Waals surface area contributed by atoms with Crippen molar-refractivity contribution in [3.8, 4) is 0 Å². The van der Waals surface area contributed by atoms with Crippen molar-refractivity contribution in [1.29, 1.82) is 0 Å². The fourth-order valence-electron chi connectivity index (χ4n) is 5.06. The van der Waals surface area contributed by atoms with Crippen LogP contribution in [0.2, 0.25) is 0 Å². The molecule has 3 N–H and O–H groups in total. The number of aliphatic hydroxyl groups is 1. The first-order valence-electron chi connectivity index (χ1n) is 10.1. The van der Waals surface area contributed by atoms with Crippen LogP contribution in [-0.2, 0) is 31.1 Å². The number of methoxy groups -OCH3 is 1. The van der Waals surface area contributed by atoms with Gasteiger partial charge >= 0.3 is 0 Å². The van der Waals surface area contributed by atoms with E-state index in [0.29, 0.717) is 24.3 Å². The number of benzene rings is 1. The van der Waals surface area contributed by atoms with Gasteiger partial charge in [0, 0.05) is 37.6 Å². The number of carbonyl (C=O) groups excluding carboxylic acids is 3. The van der Waals surface area contributed by atoms with Crippen molar-refractivity contribution in [2.75, 3.05) is 25.6 Å². The normalized spacial score (nSPS) is 31.4. The number of ether oxygens (including phenoxy) is 1. The van der Waals surface area contributed by atoms with E-state index in [1.165, 1.54) is 4.90 Å². The van der Waals surface area contributed by atoms with Crippen LogP contribution in [0.5, 0.6) is 0 Å². The first-order chi connectivity index (χ1) is 13.9. The third kappa shape index (κ3) is 2.73.